The molecule has 0 radical (unpaired) electrons. The standard InChI is InChI=1S/C18H18ClN5O3/c1-10-8-11-6-4-5-7-12(11)24(10)13(25)9-23-14-15(20-17(23)19)21(2)18(27)22(3)16(14)26/h4-7,10H,8-9H2,1-3H3/t10-/m1/s1. The van der Waals surface area contributed by atoms with Gasteiger partial charge in [0.1, 0.15) is 6.54 Å². The molecular formula is C18H18ClN5O3. The number of rotatable bonds is 2. The van der Waals surface area contributed by atoms with Crippen molar-refractivity contribution in [1.29, 1.82) is 0 Å². The smallest absolute Gasteiger partial charge is 0.307 e. The van der Waals surface area contributed by atoms with E-state index in [9.17, 15) is 14.4 Å². The lowest BCUT2D eigenvalue weighted by molar-refractivity contribution is -0.119. The molecule has 1 amide bonds. The third-order valence-electron chi connectivity index (χ3n) is 5.07. The van der Waals surface area contributed by atoms with E-state index in [-0.39, 0.29) is 34.9 Å². The van der Waals surface area contributed by atoms with E-state index >= 15 is 0 Å². The molecule has 1 aliphatic rings. The number of aromatic nitrogens is 4. The maximum Gasteiger partial charge on any atom is 0.332 e. The zero-order chi connectivity index (χ0) is 19.5. The molecule has 9 heteroatoms. The van der Waals surface area contributed by atoms with Crippen molar-refractivity contribution in [3.05, 3.63) is 56.0 Å². The molecule has 27 heavy (non-hydrogen) atoms. The van der Waals surface area contributed by atoms with Gasteiger partial charge in [-0.25, -0.2) is 4.79 Å². The summed E-state index contributed by atoms with van der Waals surface area (Å²) >= 11 is 6.22. The number of benzene rings is 1. The molecule has 140 valence electrons. The quantitative estimate of drug-likeness (QED) is 0.616. The minimum absolute atomic E-state index is 0.00298. The predicted octanol–water partition coefficient (Wildman–Crippen LogP) is 1.06. The molecule has 0 aliphatic carbocycles. The lowest BCUT2D eigenvalue weighted by Crippen LogP contribution is -2.40. The second-order valence-electron chi connectivity index (χ2n) is 6.79. The van der Waals surface area contributed by atoms with Crippen LogP contribution in [0.1, 0.15) is 12.5 Å². The molecule has 0 N–H and O–H groups in total. The summed E-state index contributed by atoms with van der Waals surface area (Å²) in [5, 5.41) is -0.00298. The molecule has 3 aromatic rings. The van der Waals surface area contributed by atoms with E-state index in [1.165, 1.54) is 23.2 Å². The van der Waals surface area contributed by atoms with Crippen LogP contribution < -0.4 is 16.1 Å². The molecule has 0 fully saturated rings. The first-order valence-corrected chi connectivity index (χ1v) is 8.90. The summed E-state index contributed by atoms with van der Waals surface area (Å²) in [7, 11) is 2.90. The van der Waals surface area contributed by atoms with Gasteiger partial charge in [0.2, 0.25) is 11.2 Å². The van der Waals surface area contributed by atoms with Crippen LogP contribution >= 0.6 is 11.6 Å². The van der Waals surface area contributed by atoms with E-state index in [1.54, 1.807) is 4.90 Å². The van der Waals surface area contributed by atoms with Crippen LogP contribution in [0.15, 0.2) is 33.9 Å². The Morgan fingerprint density at radius 3 is 2.67 bits per heavy atom. The van der Waals surface area contributed by atoms with Crippen molar-refractivity contribution < 1.29 is 4.79 Å². The van der Waals surface area contributed by atoms with Crippen molar-refractivity contribution in [2.24, 2.45) is 14.1 Å². The van der Waals surface area contributed by atoms with E-state index in [2.05, 4.69) is 4.98 Å². The maximum absolute atomic E-state index is 13.1. The first-order chi connectivity index (χ1) is 12.8. The van der Waals surface area contributed by atoms with Crippen molar-refractivity contribution in [2.45, 2.75) is 25.9 Å². The van der Waals surface area contributed by atoms with Gasteiger partial charge < -0.3 is 4.90 Å². The van der Waals surface area contributed by atoms with Gasteiger partial charge in [-0.05, 0) is 36.6 Å². The van der Waals surface area contributed by atoms with E-state index in [1.807, 2.05) is 31.2 Å². The lowest BCUT2D eigenvalue weighted by atomic mass is 10.1. The summed E-state index contributed by atoms with van der Waals surface area (Å²) in [6.45, 7) is 1.84. The number of carbonyl (C=O) groups excluding carboxylic acids is 1. The molecule has 0 spiro atoms. The van der Waals surface area contributed by atoms with Gasteiger partial charge in [0, 0.05) is 25.8 Å². The van der Waals surface area contributed by atoms with Crippen LogP contribution in [0.3, 0.4) is 0 Å². The first kappa shape index (κ1) is 17.5. The van der Waals surface area contributed by atoms with Crippen LogP contribution in [-0.4, -0.2) is 30.6 Å². The number of hydrogen-bond donors (Lipinski definition) is 0. The van der Waals surface area contributed by atoms with E-state index in [0.29, 0.717) is 0 Å². The largest absolute Gasteiger partial charge is 0.332 e. The number of nitrogens with zero attached hydrogens (tertiary/aromatic N) is 5. The van der Waals surface area contributed by atoms with E-state index in [4.69, 9.17) is 11.6 Å². The summed E-state index contributed by atoms with van der Waals surface area (Å²) in [6.07, 6.45) is 0.774. The SMILES string of the molecule is C[C@@H]1Cc2ccccc2N1C(=O)Cn1c(Cl)nc2c1c(=O)n(C)c(=O)n2C. The van der Waals surface area contributed by atoms with Crippen LogP contribution in [0.2, 0.25) is 5.28 Å². The van der Waals surface area contributed by atoms with Gasteiger partial charge >= 0.3 is 5.69 Å². The number of halogens is 1. The number of imidazole rings is 1. The number of para-hydroxylation sites is 1. The minimum atomic E-state index is -0.532. The molecule has 3 heterocycles. The van der Waals surface area contributed by atoms with Crippen molar-refractivity contribution in [2.75, 3.05) is 4.90 Å². The summed E-state index contributed by atoms with van der Waals surface area (Å²) < 4.78 is 3.60. The van der Waals surface area contributed by atoms with Gasteiger partial charge in [0.05, 0.1) is 0 Å². The Bertz CT molecular complexity index is 1210. The number of fused-ring (bicyclic) bond motifs is 2. The summed E-state index contributed by atoms with van der Waals surface area (Å²) in [5.41, 5.74) is 1.25. The Morgan fingerprint density at radius 2 is 1.93 bits per heavy atom. The molecule has 1 atom stereocenters. The van der Waals surface area contributed by atoms with Crippen molar-refractivity contribution >= 4 is 34.4 Å². The Morgan fingerprint density at radius 1 is 1.22 bits per heavy atom. The highest BCUT2D eigenvalue weighted by atomic mass is 35.5. The maximum atomic E-state index is 13.1. The summed E-state index contributed by atoms with van der Waals surface area (Å²) in [6, 6.07) is 7.76. The zero-order valence-electron chi connectivity index (χ0n) is 15.1. The van der Waals surface area contributed by atoms with Gasteiger partial charge in [-0.15, -0.1) is 0 Å². The fourth-order valence-electron chi connectivity index (χ4n) is 3.72. The van der Waals surface area contributed by atoms with Crippen molar-refractivity contribution in [3.63, 3.8) is 0 Å². The zero-order valence-corrected chi connectivity index (χ0v) is 15.9. The van der Waals surface area contributed by atoms with Crippen LogP contribution in [0.5, 0.6) is 0 Å². The number of anilines is 1. The summed E-state index contributed by atoms with van der Waals surface area (Å²) in [5.74, 6) is -0.190. The van der Waals surface area contributed by atoms with Crippen LogP contribution in [0.25, 0.3) is 11.2 Å². The lowest BCUT2D eigenvalue weighted by Gasteiger charge is -2.23. The molecule has 0 bridgehead atoms. The number of hydrogen-bond acceptors (Lipinski definition) is 4. The van der Waals surface area contributed by atoms with E-state index < -0.39 is 11.2 Å². The Kier molecular flexibility index (Phi) is 3.96. The van der Waals surface area contributed by atoms with Gasteiger partial charge in [0.25, 0.3) is 5.56 Å². The van der Waals surface area contributed by atoms with Crippen LogP contribution in [0.4, 0.5) is 5.69 Å². The molecule has 8 nitrogen and oxygen atoms in total. The third-order valence-corrected chi connectivity index (χ3v) is 5.36. The highest BCUT2D eigenvalue weighted by Gasteiger charge is 2.31. The molecule has 2 aromatic heterocycles. The topological polar surface area (TPSA) is 82.1 Å². The van der Waals surface area contributed by atoms with Gasteiger partial charge in [-0.2, -0.15) is 4.98 Å². The van der Waals surface area contributed by atoms with Crippen LogP contribution in [-0.2, 0) is 31.9 Å². The average Bonchev–Trinajstić information content (AvgIpc) is 3.14. The van der Waals surface area contributed by atoms with Crippen molar-refractivity contribution in [3.8, 4) is 0 Å². The number of amides is 1. The molecule has 4 rings (SSSR count). The third kappa shape index (κ3) is 2.51. The monoisotopic (exact) mass is 387 g/mol. The molecule has 0 saturated carbocycles. The highest BCUT2D eigenvalue weighted by molar-refractivity contribution is 6.29. The van der Waals surface area contributed by atoms with Crippen molar-refractivity contribution in [1.82, 2.24) is 18.7 Å². The second-order valence-corrected chi connectivity index (χ2v) is 7.13. The normalized spacial score (nSPS) is 16.1. The Labute approximate surface area is 159 Å². The molecule has 0 unspecified atom stereocenters. The number of aryl methyl sites for hydroxylation is 1. The first-order valence-electron chi connectivity index (χ1n) is 8.53. The minimum Gasteiger partial charge on any atom is -0.307 e. The van der Waals surface area contributed by atoms with Gasteiger partial charge in [-0.3, -0.25) is 23.3 Å². The fourth-order valence-corrected chi connectivity index (χ4v) is 3.95. The summed E-state index contributed by atoms with van der Waals surface area (Å²) in [4.78, 5) is 43.6. The molecule has 0 saturated heterocycles. The second kappa shape index (κ2) is 6.09. The number of carbonyl (C=O) groups is 1. The van der Waals surface area contributed by atoms with E-state index in [0.717, 1.165) is 22.2 Å². The fraction of sp³-hybridized carbons (Fsp3) is 0.333. The molecule has 1 aliphatic heterocycles. The highest BCUT2D eigenvalue weighted by Crippen LogP contribution is 2.32. The Balaban J connectivity index is 1.81. The van der Waals surface area contributed by atoms with Crippen LogP contribution in [0, 0.1) is 0 Å². The Hall–Kier alpha value is -2.87. The molecular weight excluding hydrogens is 370 g/mol. The average molecular weight is 388 g/mol. The predicted molar refractivity (Wildman–Crippen MR) is 102 cm³/mol. The molecule has 1 aromatic carbocycles. The van der Waals surface area contributed by atoms with Gasteiger partial charge in [-0.1, -0.05) is 18.2 Å². The van der Waals surface area contributed by atoms with Gasteiger partial charge in [0.15, 0.2) is 11.2 Å².